The van der Waals surface area contributed by atoms with Crippen molar-refractivity contribution in [2.24, 2.45) is 0 Å². The van der Waals surface area contributed by atoms with Crippen molar-refractivity contribution >= 4 is 5.97 Å². The summed E-state index contributed by atoms with van der Waals surface area (Å²) < 4.78 is 15.3. The number of ether oxygens (including phenoxy) is 2. The third-order valence-electron chi connectivity index (χ3n) is 3.48. The van der Waals surface area contributed by atoms with Gasteiger partial charge >= 0.3 is 5.97 Å². The number of nitrogens with zero attached hydrogens (tertiary/aromatic N) is 2. The number of esters is 1. The quantitative estimate of drug-likeness (QED) is 0.775. The Kier molecular flexibility index (Phi) is 4.42. The van der Waals surface area contributed by atoms with Crippen LogP contribution in [0, 0.1) is 0 Å². The third kappa shape index (κ3) is 3.26. The number of carbonyl (C=O) groups excluding carboxylic acids is 1. The molecule has 0 N–H and O–H groups in total. The predicted molar refractivity (Wildman–Crippen MR) is 68.2 cm³/mol. The molecule has 6 heteroatoms. The maximum atomic E-state index is 11.3. The number of hydrogen-bond acceptors (Lipinski definition) is 6. The summed E-state index contributed by atoms with van der Waals surface area (Å²) in [5, 5.41) is 3.76. The maximum absolute atomic E-state index is 11.3. The lowest BCUT2D eigenvalue weighted by atomic mass is 9.92. The summed E-state index contributed by atoms with van der Waals surface area (Å²) in [6.45, 7) is 0. The van der Waals surface area contributed by atoms with E-state index in [1.807, 2.05) is 0 Å². The molecule has 1 fully saturated rings. The zero-order chi connectivity index (χ0) is 13.8. The predicted octanol–water partition coefficient (Wildman–Crippen LogP) is 1.71. The molecule has 2 unspecified atom stereocenters. The smallest absolute Gasteiger partial charge is 0.377 e. The molecular formula is C13H20N2O4. The van der Waals surface area contributed by atoms with Gasteiger partial charge in [0, 0.05) is 6.04 Å². The number of methoxy groups -OCH3 is 1. The fraction of sp³-hybridized carbons (Fsp3) is 0.692. The normalized spacial score (nSPS) is 23.4. The highest BCUT2D eigenvalue weighted by molar-refractivity contribution is 5.86. The van der Waals surface area contributed by atoms with E-state index in [-0.39, 0.29) is 11.9 Å². The van der Waals surface area contributed by atoms with Crippen LogP contribution in [0.5, 0.6) is 5.88 Å². The first-order chi connectivity index (χ1) is 9.11. The van der Waals surface area contributed by atoms with Crippen LogP contribution in [0.4, 0.5) is 0 Å². The molecule has 0 spiro atoms. The highest BCUT2D eigenvalue weighted by Gasteiger charge is 2.29. The van der Waals surface area contributed by atoms with Gasteiger partial charge in [0.1, 0.15) is 6.10 Å². The molecule has 1 aliphatic rings. The molecule has 0 bridgehead atoms. The van der Waals surface area contributed by atoms with E-state index in [2.05, 4.69) is 28.9 Å². The minimum Gasteiger partial charge on any atom is -0.471 e. The molecule has 1 heterocycles. The van der Waals surface area contributed by atoms with Gasteiger partial charge in [0.25, 0.3) is 5.88 Å². The Morgan fingerprint density at radius 1 is 1.42 bits per heavy atom. The van der Waals surface area contributed by atoms with E-state index in [4.69, 9.17) is 9.26 Å². The summed E-state index contributed by atoms with van der Waals surface area (Å²) in [4.78, 5) is 13.4. The van der Waals surface area contributed by atoms with Crippen LogP contribution < -0.4 is 4.74 Å². The molecule has 106 valence electrons. The average molecular weight is 268 g/mol. The molecule has 19 heavy (non-hydrogen) atoms. The van der Waals surface area contributed by atoms with Crippen molar-refractivity contribution < 1.29 is 18.8 Å². The van der Waals surface area contributed by atoms with Crippen molar-refractivity contribution in [3.05, 3.63) is 11.8 Å². The first-order valence-corrected chi connectivity index (χ1v) is 6.50. The molecule has 0 radical (unpaired) electrons. The van der Waals surface area contributed by atoms with Gasteiger partial charge in [-0.3, -0.25) is 0 Å². The Balaban J connectivity index is 2.02. The van der Waals surface area contributed by atoms with Crippen molar-refractivity contribution in [1.29, 1.82) is 0 Å². The molecular weight excluding hydrogens is 248 g/mol. The number of aromatic nitrogens is 1. The van der Waals surface area contributed by atoms with E-state index >= 15 is 0 Å². The van der Waals surface area contributed by atoms with Crippen molar-refractivity contribution in [3.63, 3.8) is 0 Å². The van der Waals surface area contributed by atoms with E-state index in [0.717, 1.165) is 19.3 Å². The Hall–Kier alpha value is -1.56. The summed E-state index contributed by atoms with van der Waals surface area (Å²) in [6, 6.07) is 1.85. The highest BCUT2D eigenvalue weighted by Crippen LogP contribution is 2.26. The van der Waals surface area contributed by atoms with Crippen LogP contribution in [0.25, 0.3) is 0 Å². The van der Waals surface area contributed by atoms with Crippen LogP contribution >= 0.6 is 0 Å². The molecule has 0 aliphatic heterocycles. The van der Waals surface area contributed by atoms with Gasteiger partial charge in [0.05, 0.1) is 13.2 Å². The minimum absolute atomic E-state index is 0.0645. The topological polar surface area (TPSA) is 64.8 Å². The summed E-state index contributed by atoms with van der Waals surface area (Å²) in [5.74, 6) is -0.135. The molecule has 1 aromatic rings. The van der Waals surface area contributed by atoms with Gasteiger partial charge in [-0.05, 0) is 38.5 Å². The number of likely N-dealkylation sites (N-methyl/N-ethyl adjacent to an activating group) is 1. The summed E-state index contributed by atoms with van der Waals surface area (Å²) in [7, 11) is 5.40. The SMILES string of the molecule is COC(=O)c1cc(OC2CCCCC2N(C)C)no1. The monoisotopic (exact) mass is 268 g/mol. The Bertz CT molecular complexity index is 430. The van der Waals surface area contributed by atoms with Gasteiger partial charge in [-0.15, -0.1) is 0 Å². The summed E-state index contributed by atoms with van der Waals surface area (Å²) >= 11 is 0. The zero-order valence-corrected chi connectivity index (χ0v) is 11.6. The number of carbonyl (C=O) groups is 1. The van der Waals surface area contributed by atoms with Crippen LogP contribution in [-0.4, -0.2) is 49.4 Å². The van der Waals surface area contributed by atoms with Gasteiger partial charge in [0.15, 0.2) is 0 Å². The van der Waals surface area contributed by atoms with Crippen molar-refractivity contribution in [2.45, 2.75) is 37.8 Å². The lowest BCUT2D eigenvalue weighted by Crippen LogP contribution is -2.44. The van der Waals surface area contributed by atoms with Gasteiger partial charge in [-0.1, -0.05) is 6.42 Å². The van der Waals surface area contributed by atoms with Crippen LogP contribution in [0.2, 0.25) is 0 Å². The van der Waals surface area contributed by atoms with Crippen molar-refractivity contribution in [3.8, 4) is 5.88 Å². The summed E-state index contributed by atoms with van der Waals surface area (Å²) in [6.07, 6.45) is 4.55. The standard InChI is InChI=1S/C13H20N2O4/c1-15(2)9-6-4-5-7-10(9)18-12-8-11(19-14-12)13(16)17-3/h8-10H,4-7H2,1-3H3. The fourth-order valence-corrected chi connectivity index (χ4v) is 2.47. The first-order valence-electron chi connectivity index (χ1n) is 6.50. The van der Waals surface area contributed by atoms with Gasteiger partial charge in [-0.25, -0.2) is 4.79 Å². The number of hydrogen-bond donors (Lipinski definition) is 0. The molecule has 1 saturated carbocycles. The number of rotatable bonds is 4. The largest absolute Gasteiger partial charge is 0.471 e. The van der Waals surface area contributed by atoms with E-state index in [1.165, 1.54) is 19.6 Å². The molecule has 1 aromatic heterocycles. The minimum atomic E-state index is -0.546. The van der Waals surface area contributed by atoms with E-state index in [9.17, 15) is 4.79 Å². The van der Waals surface area contributed by atoms with Gasteiger partial charge in [-0.2, -0.15) is 0 Å². The second-order valence-corrected chi connectivity index (χ2v) is 4.99. The highest BCUT2D eigenvalue weighted by atomic mass is 16.6. The molecule has 0 saturated heterocycles. The van der Waals surface area contributed by atoms with E-state index < -0.39 is 5.97 Å². The van der Waals surface area contributed by atoms with Crippen molar-refractivity contribution in [1.82, 2.24) is 10.1 Å². The van der Waals surface area contributed by atoms with Crippen LogP contribution in [0.15, 0.2) is 10.6 Å². The van der Waals surface area contributed by atoms with Gasteiger partial charge < -0.3 is 18.9 Å². The molecule has 0 aromatic carbocycles. The molecule has 2 atom stereocenters. The Morgan fingerprint density at radius 3 is 2.84 bits per heavy atom. The second kappa shape index (κ2) is 6.06. The maximum Gasteiger partial charge on any atom is 0.377 e. The fourth-order valence-electron chi connectivity index (χ4n) is 2.47. The molecule has 6 nitrogen and oxygen atoms in total. The Morgan fingerprint density at radius 2 is 2.16 bits per heavy atom. The molecule has 1 aliphatic carbocycles. The van der Waals surface area contributed by atoms with E-state index in [0.29, 0.717) is 11.9 Å². The third-order valence-corrected chi connectivity index (χ3v) is 3.48. The van der Waals surface area contributed by atoms with Crippen LogP contribution in [0.1, 0.15) is 36.2 Å². The zero-order valence-electron chi connectivity index (χ0n) is 11.6. The average Bonchev–Trinajstić information content (AvgIpc) is 2.86. The van der Waals surface area contributed by atoms with E-state index in [1.54, 1.807) is 0 Å². The summed E-state index contributed by atoms with van der Waals surface area (Å²) in [5.41, 5.74) is 0. The lowest BCUT2D eigenvalue weighted by molar-refractivity contribution is 0.0537. The van der Waals surface area contributed by atoms with Gasteiger partial charge in [0.2, 0.25) is 5.76 Å². The first kappa shape index (κ1) is 13.9. The lowest BCUT2D eigenvalue weighted by Gasteiger charge is -2.35. The Labute approximate surface area is 112 Å². The molecule has 0 amide bonds. The molecule has 2 rings (SSSR count). The second-order valence-electron chi connectivity index (χ2n) is 4.99. The van der Waals surface area contributed by atoms with Crippen LogP contribution in [-0.2, 0) is 4.74 Å². The van der Waals surface area contributed by atoms with Crippen LogP contribution in [0.3, 0.4) is 0 Å². The van der Waals surface area contributed by atoms with Crippen molar-refractivity contribution in [2.75, 3.05) is 21.2 Å².